The first-order valence-corrected chi connectivity index (χ1v) is 7.76. The van der Waals surface area contributed by atoms with Crippen LogP contribution in [0.25, 0.3) is 0 Å². The first-order chi connectivity index (χ1) is 9.99. The highest BCUT2D eigenvalue weighted by molar-refractivity contribution is 5.75. The molecular weight excluding hydrogens is 268 g/mol. The van der Waals surface area contributed by atoms with Crippen molar-refractivity contribution in [2.24, 2.45) is 0 Å². The highest BCUT2D eigenvalue weighted by atomic mass is 16.4. The van der Waals surface area contributed by atoms with E-state index in [1.54, 1.807) is 19.0 Å². The van der Waals surface area contributed by atoms with E-state index in [-0.39, 0.29) is 5.91 Å². The first-order valence-electron chi connectivity index (χ1n) is 7.76. The molecule has 0 radical (unpaired) electrons. The maximum absolute atomic E-state index is 11.6. The summed E-state index contributed by atoms with van der Waals surface area (Å²) in [6.07, 6.45) is 8.79. The van der Waals surface area contributed by atoms with Gasteiger partial charge in [-0.15, -0.1) is 6.58 Å². The van der Waals surface area contributed by atoms with Crippen molar-refractivity contribution in [3.63, 3.8) is 0 Å². The topological polar surface area (TPSA) is 69.6 Å². The number of nitrogens with one attached hydrogen (secondary N) is 1. The van der Waals surface area contributed by atoms with E-state index in [4.69, 9.17) is 5.11 Å². The average molecular weight is 298 g/mol. The molecule has 1 amide bonds. The van der Waals surface area contributed by atoms with Gasteiger partial charge in [-0.05, 0) is 52.6 Å². The maximum atomic E-state index is 11.6. The molecule has 0 aliphatic carbocycles. The number of unbranched alkanes of at least 4 members (excludes halogenated alkanes) is 4. The first kappa shape index (κ1) is 19.6. The maximum Gasteiger partial charge on any atom is 0.320 e. The number of nitrogens with zero attached hydrogens (tertiary/aromatic N) is 1. The molecule has 21 heavy (non-hydrogen) atoms. The monoisotopic (exact) mass is 298 g/mol. The van der Waals surface area contributed by atoms with Crippen LogP contribution in [0.3, 0.4) is 0 Å². The van der Waals surface area contributed by atoms with Gasteiger partial charge in [0.2, 0.25) is 5.91 Å². The summed E-state index contributed by atoms with van der Waals surface area (Å²) in [5.41, 5.74) is 0. The molecule has 0 fully saturated rings. The van der Waals surface area contributed by atoms with Crippen LogP contribution < -0.4 is 5.32 Å². The highest BCUT2D eigenvalue weighted by Crippen LogP contribution is 2.06. The number of likely N-dealkylation sites (N-methyl/N-ethyl adjacent to an activating group) is 1. The van der Waals surface area contributed by atoms with E-state index in [1.165, 1.54) is 0 Å². The van der Waals surface area contributed by atoms with Gasteiger partial charge in [0.05, 0.1) is 0 Å². The fraction of sp³-hybridized carbons (Fsp3) is 0.750. The zero-order chi connectivity index (χ0) is 16.1. The van der Waals surface area contributed by atoms with Crippen LogP contribution in [0.15, 0.2) is 12.7 Å². The number of rotatable bonds is 13. The zero-order valence-electron chi connectivity index (χ0n) is 13.4. The Morgan fingerprint density at radius 2 is 1.90 bits per heavy atom. The minimum Gasteiger partial charge on any atom is -0.480 e. The van der Waals surface area contributed by atoms with E-state index in [2.05, 4.69) is 11.9 Å². The van der Waals surface area contributed by atoms with Crippen LogP contribution in [0.5, 0.6) is 0 Å². The summed E-state index contributed by atoms with van der Waals surface area (Å²) < 4.78 is 0. The van der Waals surface area contributed by atoms with Crippen LogP contribution in [0.4, 0.5) is 0 Å². The van der Waals surface area contributed by atoms with Crippen molar-refractivity contribution in [2.75, 3.05) is 20.6 Å². The molecule has 0 aromatic rings. The molecule has 1 atom stereocenters. The zero-order valence-corrected chi connectivity index (χ0v) is 13.4. The van der Waals surface area contributed by atoms with Crippen molar-refractivity contribution in [3.05, 3.63) is 12.7 Å². The molecule has 0 rings (SSSR count). The smallest absolute Gasteiger partial charge is 0.320 e. The van der Waals surface area contributed by atoms with Gasteiger partial charge in [-0.25, -0.2) is 0 Å². The van der Waals surface area contributed by atoms with E-state index in [9.17, 15) is 9.59 Å². The normalized spacial score (nSPS) is 12.1. The number of aliphatic carboxylic acids is 1. The number of carbonyl (C=O) groups excluding carboxylic acids is 1. The molecule has 5 nitrogen and oxygen atoms in total. The van der Waals surface area contributed by atoms with Crippen molar-refractivity contribution < 1.29 is 14.7 Å². The fourth-order valence-electron chi connectivity index (χ4n) is 2.13. The lowest BCUT2D eigenvalue weighted by molar-refractivity contribution is -0.142. The van der Waals surface area contributed by atoms with Crippen LogP contribution in [0.2, 0.25) is 0 Å². The third-order valence-corrected chi connectivity index (χ3v) is 3.45. The number of hydrogen-bond acceptors (Lipinski definition) is 3. The van der Waals surface area contributed by atoms with E-state index in [0.717, 1.165) is 38.5 Å². The Kier molecular flexibility index (Phi) is 11.6. The number of carbonyl (C=O) groups is 2. The molecule has 5 heteroatoms. The largest absolute Gasteiger partial charge is 0.480 e. The third kappa shape index (κ3) is 11.0. The van der Waals surface area contributed by atoms with E-state index in [0.29, 0.717) is 19.4 Å². The molecular formula is C16H30N2O3. The molecule has 2 N–H and O–H groups in total. The standard InChI is InChI=1S/C16H30N2O3/c1-4-5-6-7-8-12-15(19)17-13-10-9-11-14(16(20)21)18(2)3/h4,14H,1,5-13H2,2-3H3,(H,17,19)(H,20,21)/t14-/m0/s1. The summed E-state index contributed by atoms with van der Waals surface area (Å²) in [6, 6.07) is -0.439. The fourth-order valence-corrected chi connectivity index (χ4v) is 2.13. The summed E-state index contributed by atoms with van der Waals surface area (Å²) >= 11 is 0. The predicted octanol–water partition coefficient (Wildman–Crippen LogP) is 2.42. The second kappa shape index (κ2) is 12.4. The molecule has 0 aliphatic heterocycles. The van der Waals surface area contributed by atoms with Gasteiger partial charge in [0.25, 0.3) is 0 Å². The highest BCUT2D eigenvalue weighted by Gasteiger charge is 2.18. The van der Waals surface area contributed by atoms with E-state index in [1.807, 2.05) is 6.08 Å². The minimum absolute atomic E-state index is 0.0935. The van der Waals surface area contributed by atoms with Crippen LogP contribution in [-0.4, -0.2) is 48.6 Å². The lowest BCUT2D eigenvalue weighted by Gasteiger charge is -2.19. The van der Waals surface area contributed by atoms with E-state index < -0.39 is 12.0 Å². The number of carboxylic acid groups (broad SMARTS) is 1. The van der Waals surface area contributed by atoms with Gasteiger partial charge in [-0.1, -0.05) is 12.5 Å². The second-order valence-corrected chi connectivity index (χ2v) is 5.55. The minimum atomic E-state index is -0.788. The lowest BCUT2D eigenvalue weighted by atomic mass is 10.1. The average Bonchev–Trinajstić information content (AvgIpc) is 2.41. The molecule has 0 saturated heterocycles. The Labute approximate surface area is 128 Å². The van der Waals surface area contributed by atoms with Gasteiger partial charge in [0.15, 0.2) is 0 Å². The predicted molar refractivity (Wildman–Crippen MR) is 85.3 cm³/mol. The van der Waals surface area contributed by atoms with Gasteiger partial charge >= 0.3 is 5.97 Å². The molecule has 0 aromatic carbocycles. The summed E-state index contributed by atoms with van der Waals surface area (Å²) in [6.45, 7) is 4.30. The molecule has 0 saturated carbocycles. The van der Waals surface area contributed by atoms with Crippen molar-refractivity contribution in [1.82, 2.24) is 10.2 Å². The SMILES string of the molecule is C=CCCCCCC(=O)NCCCC[C@@H](C(=O)O)N(C)C. The molecule has 0 bridgehead atoms. The Balaban J connectivity index is 3.55. The van der Waals surface area contributed by atoms with Crippen molar-refractivity contribution in [1.29, 1.82) is 0 Å². The van der Waals surface area contributed by atoms with Crippen molar-refractivity contribution in [3.8, 4) is 0 Å². The van der Waals surface area contributed by atoms with E-state index >= 15 is 0 Å². The Morgan fingerprint density at radius 1 is 1.19 bits per heavy atom. The Bertz CT molecular complexity index is 317. The van der Waals surface area contributed by atoms with Gasteiger partial charge in [-0.3, -0.25) is 14.5 Å². The van der Waals surface area contributed by atoms with Crippen molar-refractivity contribution >= 4 is 11.9 Å². The Hall–Kier alpha value is -1.36. The van der Waals surface area contributed by atoms with Crippen LogP contribution in [-0.2, 0) is 9.59 Å². The Morgan fingerprint density at radius 3 is 2.48 bits per heavy atom. The van der Waals surface area contributed by atoms with Crippen molar-refractivity contribution in [2.45, 2.75) is 57.4 Å². The molecule has 0 aromatic heterocycles. The van der Waals surface area contributed by atoms with Gasteiger partial charge in [0.1, 0.15) is 6.04 Å². The second-order valence-electron chi connectivity index (χ2n) is 5.55. The van der Waals surface area contributed by atoms with Crippen LogP contribution in [0, 0.1) is 0 Å². The molecule has 0 heterocycles. The summed E-state index contributed by atoms with van der Waals surface area (Å²) in [5.74, 6) is -0.695. The van der Waals surface area contributed by atoms with Crippen LogP contribution >= 0.6 is 0 Å². The lowest BCUT2D eigenvalue weighted by Crippen LogP contribution is -2.35. The van der Waals surface area contributed by atoms with Gasteiger partial charge < -0.3 is 10.4 Å². The summed E-state index contributed by atoms with van der Waals surface area (Å²) in [4.78, 5) is 24.3. The third-order valence-electron chi connectivity index (χ3n) is 3.45. The van der Waals surface area contributed by atoms with Crippen LogP contribution in [0.1, 0.15) is 51.4 Å². The molecule has 122 valence electrons. The van der Waals surface area contributed by atoms with Gasteiger partial charge in [-0.2, -0.15) is 0 Å². The quantitative estimate of drug-likeness (QED) is 0.405. The molecule has 0 spiro atoms. The summed E-state index contributed by atoms with van der Waals surface area (Å²) in [5, 5.41) is 11.9. The number of hydrogen-bond donors (Lipinski definition) is 2. The molecule has 0 aliphatic rings. The summed E-state index contributed by atoms with van der Waals surface area (Å²) in [7, 11) is 3.54. The number of allylic oxidation sites excluding steroid dienone is 1. The number of carboxylic acids is 1. The number of amides is 1. The molecule has 0 unspecified atom stereocenters. The van der Waals surface area contributed by atoms with Gasteiger partial charge in [0, 0.05) is 13.0 Å².